The maximum atomic E-state index is 12.5. The molecule has 1 aliphatic rings. The van der Waals surface area contributed by atoms with Gasteiger partial charge >= 0.3 is 0 Å². The molecular weight excluding hydrogens is 316 g/mol. The number of hydrogen-bond acceptors (Lipinski definition) is 4. The molecule has 6 nitrogen and oxygen atoms in total. The Balaban J connectivity index is 1.89. The van der Waals surface area contributed by atoms with Crippen LogP contribution in [0.1, 0.15) is 51.3 Å². The molecule has 2 N–H and O–H groups in total. The van der Waals surface area contributed by atoms with Gasteiger partial charge in [0, 0.05) is 29.9 Å². The molecule has 0 radical (unpaired) electrons. The van der Waals surface area contributed by atoms with Crippen LogP contribution >= 0.6 is 0 Å². The highest BCUT2D eigenvalue weighted by Crippen LogP contribution is 2.27. The lowest BCUT2D eigenvalue weighted by atomic mass is 9.98. The van der Waals surface area contributed by atoms with E-state index in [0.717, 1.165) is 31.2 Å². The lowest BCUT2D eigenvalue weighted by Crippen LogP contribution is -2.36. The Morgan fingerprint density at radius 3 is 2.72 bits per heavy atom. The molecule has 6 heteroatoms. The standard InChI is InChI=1S/C19H24N4O2/c1-12(2)17(23-19(25)13-6-3-4-7-13)15-10-16(24)22-18(21-15)14-8-5-9-20-11-14/h5,8-13,17H,3-4,6-7H2,1-2H3,(H,23,25)(H,21,22,24)/t17-/m1/s1. The number of nitrogens with one attached hydrogen (secondary N) is 2. The highest BCUT2D eigenvalue weighted by atomic mass is 16.2. The molecule has 0 aliphatic heterocycles. The van der Waals surface area contributed by atoms with Gasteiger partial charge in [-0.25, -0.2) is 4.98 Å². The van der Waals surface area contributed by atoms with Gasteiger partial charge in [-0.15, -0.1) is 0 Å². The van der Waals surface area contributed by atoms with Crippen molar-refractivity contribution in [3.8, 4) is 11.4 Å². The van der Waals surface area contributed by atoms with Crippen LogP contribution in [0.25, 0.3) is 11.4 Å². The average Bonchev–Trinajstić information content (AvgIpc) is 3.14. The summed E-state index contributed by atoms with van der Waals surface area (Å²) in [6.45, 7) is 4.04. The van der Waals surface area contributed by atoms with Crippen molar-refractivity contribution in [2.45, 2.75) is 45.6 Å². The Kier molecular flexibility index (Phi) is 5.26. The van der Waals surface area contributed by atoms with E-state index in [9.17, 15) is 9.59 Å². The first-order chi connectivity index (χ1) is 12.0. The molecule has 2 aromatic heterocycles. The summed E-state index contributed by atoms with van der Waals surface area (Å²) in [7, 11) is 0. The number of aromatic nitrogens is 3. The maximum Gasteiger partial charge on any atom is 0.251 e. The Bertz CT molecular complexity index is 780. The van der Waals surface area contributed by atoms with Gasteiger partial charge in [0.25, 0.3) is 5.56 Å². The Hall–Kier alpha value is -2.50. The van der Waals surface area contributed by atoms with Crippen molar-refractivity contribution in [3.63, 3.8) is 0 Å². The van der Waals surface area contributed by atoms with E-state index in [2.05, 4.69) is 20.3 Å². The fourth-order valence-electron chi connectivity index (χ4n) is 3.32. The SMILES string of the molecule is CC(C)[C@@H](NC(=O)C1CCCC1)c1cc(=O)[nH]c(-c2cccnc2)n1. The first-order valence-electron chi connectivity index (χ1n) is 8.86. The minimum absolute atomic E-state index is 0.0706. The van der Waals surface area contributed by atoms with Crippen LogP contribution in [-0.2, 0) is 4.79 Å². The molecule has 0 aromatic carbocycles. The average molecular weight is 340 g/mol. The Morgan fingerprint density at radius 2 is 2.08 bits per heavy atom. The highest BCUT2D eigenvalue weighted by molar-refractivity contribution is 5.79. The third-order valence-electron chi connectivity index (χ3n) is 4.71. The molecule has 0 saturated heterocycles. The highest BCUT2D eigenvalue weighted by Gasteiger charge is 2.27. The van der Waals surface area contributed by atoms with Gasteiger partial charge in [0.05, 0.1) is 11.7 Å². The number of carbonyl (C=O) groups is 1. The van der Waals surface area contributed by atoms with Crippen molar-refractivity contribution in [1.29, 1.82) is 0 Å². The van der Waals surface area contributed by atoms with E-state index in [4.69, 9.17) is 0 Å². The third-order valence-corrected chi connectivity index (χ3v) is 4.71. The number of carbonyl (C=O) groups excluding carboxylic acids is 1. The zero-order chi connectivity index (χ0) is 17.8. The lowest BCUT2D eigenvalue weighted by Gasteiger charge is -2.24. The second kappa shape index (κ2) is 7.59. The Morgan fingerprint density at radius 1 is 1.32 bits per heavy atom. The lowest BCUT2D eigenvalue weighted by molar-refractivity contribution is -0.125. The van der Waals surface area contributed by atoms with Crippen LogP contribution in [0.15, 0.2) is 35.4 Å². The van der Waals surface area contributed by atoms with Crippen molar-refractivity contribution in [1.82, 2.24) is 20.3 Å². The van der Waals surface area contributed by atoms with E-state index in [1.807, 2.05) is 19.9 Å². The van der Waals surface area contributed by atoms with Crippen LogP contribution < -0.4 is 10.9 Å². The molecule has 25 heavy (non-hydrogen) atoms. The number of pyridine rings is 1. The summed E-state index contributed by atoms with van der Waals surface area (Å²) in [5.74, 6) is 0.750. The summed E-state index contributed by atoms with van der Waals surface area (Å²) in [5.41, 5.74) is 1.10. The minimum atomic E-state index is -0.286. The van der Waals surface area contributed by atoms with Gasteiger partial charge in [0.2, 0.25) is 5.91 Å². The zero-order valence-electron chi connectivity index (χ0n) is 14.7. The zero-order valence-corrected chi connectivity index (χ0v) is 14.7. The Labute approximate surface area is 147 Å². The molecule has 0 bridgehead atoms. The summed E-state index contributed by atoms with van der Waals surface area (Å²) < 4.78 is 0. The van der Waals surface area contributed by atoms with Crippen molar-refractivity contribution >= 4 is 5.91 Å². The second-order valence-electron chi connectivity index (χ2n) is 6.97. The van der Waals surface area contributed by atoms with Gasteiger partial charge in [-0.1, -0.05) is 26.7 Å². The third kappa shape index (κ3) is 4.13. The summed E-state index contributed by atoms with van der Waals surface area (Å²) in [4.78, 5) is 36.1. The van der Waals surface area contributed by atoms with Gasteiger partial charge in [-0.2, -0.15) is 0 Å². The molecule has 1 aliphatic carbocycles. The van der Waals surface area contributed by atoms with Crippen LogP contribution in [0.2, 0.25) is 0 Å². The van der Waals surface area contributed by atoms with Crippen molar-refractivity contribution in [2.75, 3.05) is 0 Å². The van der Waals surface area contributed by atoms with Crippen molar-refractivity contribution in [3.05, 3.63) is 46.6 Å². The molecule has 2 aromatic rings. The number of aromatic amines is 1. The molecular formula is C19H24N4O2. The summed E-state index contributed by atoms with van der Waals surface area (Å²) >= 11 is 0. The van der Waals surface area contributed by atoms with Gasteiger partial charge in [0.1, 0.15) is 5.82 Å². The smallest absolute Gasteiger partial charge is 0.251 e. The number of hydrogen-bond donors (Lipinski definition) is 2. The largest absolute Gasteiger partial charge is 0.347 e. The molecule has 3 rings (SSSR count). The first kappa shape index (κ1) is 17.3. The van der Waals surface area contributed by atoms with Crippen molar-refractivity contribution < 1.29 is 4.79 Å². The topological polar surface area (TPSA) is 87.7 Å². The quantitative estimate of drug-likeness (QED) is 0.876. The monoisotopic (exact) mass is 340 g/mol. The van der Waals surface area contributed by atoms with E-state index >= 15 is 0 Å². The molecule has 0 spiro atoms. The number of amides is 1. The molecule has 1 fully saturated rings. The molecule has 0 unspecified atom stereocenters. The predicted molar refractivity (Wildman–Crippen MR) is 95.8 cm³/mol. The molecule has 1 amide bonds. The maximum absolute atomic E-state index is 12.5. The van der Waals surface area contributed by atoms with Crippen LogP contribution in [-0.4, -0.2) is 20.9 Å². The van der Waals surface area contributed by atoms with Crippen LogP contribution in [0.5, 0.6) is 0 Å². The van der Waals surface area contributed by atoms with Crippen LogP contribution in [0, 0.1) is 11.8 Å². The van der Waals surface area contributed by atoms with Crippen LogP contribution in [0.3, 0.4) is 0 Å². The van der Waals surface area contributed by atoms with E-state index in [1.165, 1.54) is 6.07 Å². The van der Waals surface area contributed by atoms with E-state index < -0.39 is 0 Å². The summed E-state index contributed by atoms with van der Waals surface area (Å²) in [6.07, 6.45) is 7.44. The van der Waals surface area contributed by atoms with E-state index in [1.54, 1.807) is 18.5 Å². The fourth-order valence-corrected chi connectivity index (χ4v) is 3.32. The molecule has 2 heterocycles. The molecule has 132 valence electrons. The molecule has 1 atom stereocenters. The fraction of sp³-hybridized carbons (Fsp3) is 0.474. The van der Waals surface area contributed by atoms with Crippen LogP contribution in [0.4, 0.5) is 0 Å². The van der Waals surface area contributed by atoms with E-state index in [-0.39, 0.29) is 29.3 Å². The molecule has 1 saturated carbocycles. The van der Waals surface area contributed by atoms with Gasteiger partial charge in [0.15, 0.2) is 0 Å². The number of nitrogens with zero attached hydrogens (tertiary/aromatic N) is 2. The minimum Gasteiger partial charge on any atom is -0.347 e. The van der Waals surface area contributed by atoms with E-state index in [0.29, 0.717) is 11.5 Å². The first-order valence-corrected chi connectivity index (χ1v) is 8.86. The normalized spacial score (nSPS) is 16.1. The van der Waals surface area contributed by atoms with Crippen molar-refractivity contribution in [2.24, 2.45) is 11.8 Å². The number of rotatable bonds is 5. The number of H-pyrrole nitrogens is 1. The summed E-state index contributed by atoms with van der Waals surface area (Å²) in [6, 6.07) is 4.82. The van der Waals surface area contributed by atoms with Gasteiger partial charge in [-0.05, 0) is 30.9 Å². The van der Waals surface area contributed by atoms with Gasteiger partial charge in [-0.3, -0.25) is 14.6 Å². The summed E-state index contributed by atoms with van der Waals surface area (Å²) in [5, 5.41) is 3.11. The second-order valence-corrected chi connectivity index (χ2v) is 6.97. The van der Waals surface area contributed by atoms with Gasteiger partial charge < -0.3 is 10.3 Å². The predicted octanol–water partition coefficient (Wildman–Crippen LogP) is 2.84.